The number of ether oxygens (including phenoxy) is 1. The van der Waals surface area contributed by atoms with E-state index in [1.54, 1.807) is 39.8 Å². The second-order valence-electron chi connectivity index (χ2n) is 10.5. The SMILES string of the molecule is C=C1C(/C(C)=N/OC(C)C)C(=O)N(N(C)C(=O)CC2=CCC(Cl)C=C2)C(=O)N1CC(O)C1=C(OC)C=CC(F)C1C. The maximum atomic E-state index is 14.5. The number of carbonyl (C=O) groups is 3. The van der Waals surface area contributed by atoms with Crippen LogP contribution in [0.15, 0.2) is 64.7 Å². The van der Waals surface area contributed by atoms with Gasteiger partial charge in [-0.3, -0.25) is 14.5 Å². The molecule has 4 amide bonds. The summed E-state index contributed by atoms with van der Waals surface area (Å²) in [4.78, 5) is 47.2. The molecule has 2 aliphatic carbocycles. The first-order valence-electron chi connectivity index (χ1n) is 13.4. The Kier molecular flexibility index (Phi) is 10.5. The van der Waals surface area contributed by atoms with Crippen LogP contribution >= 0.6 is 11.6 Å². The van der Waals surface area contributed by atoms with E-state index in [1.807, 2.05) is 6.08 Å². The fourth-order valence-electron chi connectivity index (χ4n) is 4.82. The summed E-state index contributed by atoms with van der Waals surface area (Å²) in [6.07, 6.45) is 5.56. The molecule has 12 heteroatoms. The zero-order valence-corrected chi connectivity index (χ0v) is 25.0. The smallest absolute Gasteiger partial charge is 0.350 e. The van der Waals surface area contributed by atoms with Gasteiger partial charge in [0.15, 0.2) is 0 Å². The van der Waals surface area contributed by atoms with Gasteiger partial charge in [-0.2, -0.15) is 5.01 Å². The lowest BCUT2D eigenvalue weighted by Gasteiger charge is -2.43. The zero-order chi connectivity index (χ0) is 30.6. The number of hydrogen-bond donors (Lipinski definition) is 1. The number of aliphatic hydroxyl groups excluding tert-OH is 1. The number of oxime groups is 1. The fraction of sp³-hybridized carbons (Fsp3) is 0.517. The van der Waals surface area contributed by atoms with Crippen LogP contribution in [0.5, 0.6) is 0 Å². The molecule has 0 aromatic heterocycles. The molecule has 3 aliphatic rings. The van der Waals surface area contributed by atoms with Crippen molar-refractivity contribution in [3.8, 4) is 0 Å². The van der Waals surface area contributed by atoms with Crippen molar-refractivity contribution in [3.05, 3.63) is 59.6 Å². The molecule has 5 atom stereocenters. The molecular formula is C29H38ClFN4O6. The summed E-state index contributed by atoms with van der Waals surface area (Å²) in [5.41, 5.74) is 1.19. The molecule has 5 unspecified atom stereocenters. The third-order valence-electron chi connectivity index (χ3n) is 7.13. The number of amides is 4. The summed E-state index contributed by atoms with van der Waals surface area (Å²) in [5.74, 6) is -2.90. The number of hydrazine groups is 1. The van der Waals surface area contributed by atoms with Crippen LogP contribution < -0.4 is 0 Å². The summed E-state index contributed by atoms with van der Waals surface area (Å²) in [6.45, 7) is 10.3. The van der Waals surface area contributed by atoms with Crippen molar-refractivity contribution >= 4 is 35.2 Å². The number of urea groups is 1. The Labute approximate surface area is 245 Å². The van der Waals surface area contributed by atoms with Crippen LogP contribution in [-0.4, -0.2) is 88.0 Å². The number of halogens is 2. The number of alkyl halides is 2. The average Bonchev–Trinajstić information content (AvgIpc) is 2.92. The number of rotatable bonds is 10. The number of aliphatic hydroxyl groups is 1. The van der Waals surface area contributed by atoms with Gasteiger partial charge in [0.2, 0.25) is 5.91 Å². The Balaban J connectivity index is 1.96. The molecule has 0 radical (unpaired) electrons. The van der Waals surface area contributed by atoms with Crippen molar-refractivity contribution in [1.29, 1.82) is 0 Å². The highest BCUT2D eigenvalue weighted by Crippen LogP contribution is 2.34. The van der Waals surface area contributed by atoms with Gasteiger partial charge in [-0.05, 0) is 44.9 Å². The van der Waals surface area contributed by atoms with E-state index in [0.717, 1.165) is 9.91 Å². The minimum Gasteiger partial charge on any atom is -0.497 e. The predicted octanol–water partition coefficient (Wildman–Crippen LogP) is 4.24. The molecular weight excluding hydrogens is 555 g/mol. The standard InChI is InChI=1S/C29H38ClFN4O6/c1-16(2)41-32-18(4)27-19(5)34(15-23(36)26-17(3)22(31)12-13-24(26)40-7)29(39)35(28(27)38)33(6)25(37)14-20-8-10-21(30)11-9-20/h8-10,12-13,16-17,21-23,27,36H,5,11,14-15H2,1-4,6-7H3/b32-18+. The third-order valence-corrected chi connectivity index (χ3v) is 7.46. The van der Waals surface area contributed by atoms with Crippen LogP contribution in [0, 0.1) is 11.8 Å². The lowest BCUT2D eigenvalue weighted by Crippen LogP contribution is -2.63. The average molecular weight is 593 g/mol. The highest BCUT2D eigenvalue weighted by molar-refractivity contribution is 6.22. The normalized spacial score (nSPS) is 26.0. The van der Waals surface area contributed by atoms with Gasteiger partial charge in [0.25, 0.3) is 5.91 Å². The van der Waals surface area contributed by atoms with Gasteiger partial charge < -0.3 is 14.7 Å². The first-order chi connectivity index (χ1) is 19.3. The van der Waals surface area contributed by atoms with Crippen LogP contribution in [0.3, 0.4) is 0 Å². The summed E-state index contributed by atoms with van der Waals surface area (Å²) in [6, 6.07) is -0.895. The largest absolute Gasteiger partial charge is 0.497 e. The molecule has 0 saturated carbocycles. The minimum atomic E-state index is -1.37. The van der Waals surface area contributed by atoms with Crippen LogP contribution in [0.4, 0.5) is 9.18 Å². The highest BCUT2D eigenvalue weighted by atomic mass is 35.5. The van der Waals surface area contributed by atoms with E-state index in [2.05, 4.69) is 11.7 Å². The van der Waals surface area contributed by atoms with Crippen molar-refractivity contribution in [1.82, 2.24) is 14.9 Å². The summed E-state index contributed by atoms with van der Waals surface area (Å²) >= 11 is 6.08. The zero-order valence-electron chi connectivity index (χ0n) is 24.2. The monoisotopic (exact) mass is 592 g/mol. The lowest BCUT2D eigenvalue weighted by atomic mass is 9.86. The number of allylic oxidation sites excluding steroid dienone is 5. The number of hydrogen-bond acceptors (Lipinski definition) is 7. The molecule has 1 saturated heterocycles. The van der Waals surface area contributed by atoms with Crippen LogP contribution in [0.1, 0.15) is 40.5 Å². The minimum absolute atomic E-state index is 0.0335. The quantitative estimate of drug-likeness (QED) is 0.231. The molecule has 1 heterocycles. The maximum absolute atomic E-state index is 14.5. The molecule has 0 aromatic carbocycles. The summed E-state index contributed by atoms with van der Waals surface area (Å²) in [7, 11) is 2.72. The fourth-order valence-corrected chi connectivity index (χ4v) is 4.98. The van der Waals surface area contributed by atoms with E-state index in [-0.39, 0.29) is 47.2 Å². The van der Waals surface area contributed by atoms with Gasteiger partial charge in [-0.15, -0.1) is 11.6 Å². The Morgan fingerprint density at radius 2 is 2.00 bits per heavy atom. The Morgan fingerprint density at radius 1 is 1.32 bits per heavy atom. The molecule has 0 bridgehead atoms. The molecule has 1 aliphatic heterocycles. The van der Waals surface area contributed by atoms with Crippen LogP contribution in [-0.2, 0) is 19.2 Å². The Morgan fingerprint density at radius 3 is 2.59 bits per heavy atom. The molecule has 10 nitrogen and oxygen atoms in total. The van der Waals surface area contributed by atoms with Gasteiger partial charge in [-0.25, -0.2) is 14.2 Å². The lowest BCUT2D eigenvalue weighted by molar-refractivity contribution is -0.158. The van der Waals surface area contributed by atoms with Crippen LogP contribution in [0.2, 0.25) is 0 Å². The number of methoxy groups -OCH3 is 1. The second-order valence-corrected chi connectivity index (χ2v) is 11.0. The molecule has 41 heavy (non-hydrogen) atoms. The van der Waals surface area contributed by atoms with Gasteiger partial charge in [-0.1, -0.05) is 36.9 Å². The van der Waals surface area contributed by atoms with Crippen molar-refractivity contribution in [2.75, 3.05) is 20.7 Å². The highest BCUT2D eigenvalue weighted by Gasteiger charge is 2.48. The molecule has 0 aromatic rings. The Bertz CT molecular complexity index is 1230. The van der Waals surface area contributed by atoms with Crippen molar-refractivity contribution < 1.29 is 33.5 Å². The number of imide groups is 1. The molecule has 3 rings (SSSR count). The van der Waals surface area contributed by atoms with E-state index in [9.17, 15) is 23.9 Å². The molecule has 1 fully saturated rings. The topological polar surface area (TPSA) is 112 Å². The summed E-state index contributed by atoms with van der Waals surface area (Å²) in [5, 5.41) is 16.8. The molecule has 224 valence electrons. The van der Waals surface area contributed by atoms with Gasteiger partial charge >= 0.3 is 6.03 Å². The van der Waals surface area contributed by atoms with Gasteiger partial charge in [0.05, 0.1) is 37.3 Å². The van der Waals surface area contributed by atoms with Gasteiger partial charge in [0.1, 0.15) is 24.0 Å². The van der Waals surface area contributed by atoms with Crippen molar-refractivity contribution in [2.45, 2.75) is 64.3 Å². The first-order valence-corrected chi connectivity index (χ1v) is 13.8. The predicted molar refractivity (Wildman–Crippen MR) is 153 cm³/mol. The first kappa shape index (κ1) is 32.1. The van der Waals surface area contributed by atoms with Crippen LogP contribution in [0.25, 0.3) is 0 Å². The van der Waals surface area contributed by atoms with E-state index < -0.39 is 42.0 Å². The second kappa shape index (κ2) is 13.5. The van der Waals surface area contributed by atoms with E-state index >= 15 is 0 Å². The van der Waals surface area contributed by atoms with E-state index in [1.165, 1.54) is 26.3 Å². The van der Waals surface area contributed by atoms with E-state index in [0.29, 0.717) is 17.0 Å². The Hall–Kier alpha value is -3.44. The number of carbonyl (C=O) groups excluding carboxylic acids is 3. The van der Waals surface area contributed by atoms with Crippen molar-refractivity contribution in [3.63, 3.8) is 0 Å². The third kappa shape index (κ3) is 7.08. The summed E-state index contributed by atoms with van der Waals surface area (Å²) < 4.78 is 19.9. The molecule has 1 N–H and O–H groups in total. The maximum Gasteiger partial charge on any atom is 0.350 e. The number of nitrogens with zero attached hydrogens (tertiary/aromatic N) is 4. The van der Waals surface area contributed by atoms with E-state index in [4.69, 9.17) is 21.2 Å². The van der Waals surface area contributed by atoms with Crippen molar-refractivity contribution in [2.24, 2.45) is 17.0 Å². The number of β-amino-alcohol motifs (C(OH)–C–C–N with tert-alkyl or cyclic N) is 1. The van der Waals surface area contributed by atoms with Gasteiger partial charge in [0, 0.05) is 24.2 Å². The molecule has 0 spiro atoms.